The van der Waals surface area contributed by atoms with E-state index in [0.717, 1.165) is 61.1 Å². The van der Waals surface area contributed by atoms with E-state index < -0.39 is 11.7 Å². The first-order chi connectivity index (χ1) is 13.9. The van der Waals surface area contributed by atoms with E-state index in [4.69, 9.17) is 0 Å². The number of pyridine rings is 2. The number of carbonyl (C=O) groups is 1. The van der Waals surface area contributed by atoms with Gasteiger partial charge in [0, 0.05) is 31.9 Å². The largest absolute Gasteiger partial charge is 0.417 e. The molecule has 1 fully saturated rings. The maximum absolute atomic E-state index is 12.6. The number of carbonyl (C=O) groups excluding carboxylic acids is 1. The molecule has 0 atom stereocenters. The van der Waals surface area contributed by atoms with Crippen LogP contribution in [0.4, 0.5) is 24.7 Å². The van der Waals surface area contributed by atoms with Gasteiger partial charge in [-0.25, -0.2) is 9.97 Å². The van der Waals surface area contributed by atoms with Crippen LogP contribution in [-0.2, 0) is 11.0 Å². The summed E-state index contributed by atoms with van der Waals surface area (Å²) in [5.74, 6) is 0.0768. The van der Waals surface area contributed by atoms with E-state index >= 15 is 0 Å². The summed E-state index contributed by atoms with van der Waals surface area (Å²) in [4.78, 5) is 22.3. The van der Waals surface area contributed by atoms with Crippen LogP contribution in [0.3, 0.4) is 0 Å². The number of fused-ring (bicyclic) bond motifs is 1. The molecule has 0 spiro atoms. The van der Waals surface area contributed by atoms with E-state index in [0.29, 0.717) is 12.1 Å². The summed E-state index contributed by atoms with van der Waals surface area (Å²) in [7, 11) is 0. The van der Waals surface area contributed by atoms with Gasteiger partial charge in [0.05, 0.1) is 23.0 Å². The molecule has 29 heavy (non-hydrogen) atoms. The number of anilines is 2. The Balaban J connectivity index is 1.30. The summed E-state index contributed by atoms with van der Waals surface area (Å²) in [6.45, 7) is 1.57. The van der Waals surface area contributed by atoms with E-state index in [1.165, 1.54) is 6.07 Å². The first-order valence-electron chi connectivity index (χ1n) is 9.05. The number of rotatable bonds is 4. The highest BCUT2D eigenvalue weighted by Crippen LogP contribution is 2.30. The molecule has 0 radical (unpaired) electrons. The average Bonchev–Trinajstić information content (AvgIpc) is 3.17. The van der Waals surface area contributed by atoms with Crippen molar-refractivity contribution in [2.75, 3.05) is 23.3 Å². The normalized spacial score (nSPS) is 15.6. The molecule has 11 heteroatoms. The molecule has 1 N–H and O–H groups in total. The molecule has 3 aromatic heterocycles. The van der Waals surface area contributed by atoms with Gasteiger partial charge in [0.25, 0.3) is 0 Å². The SMILES string of the molecule is O=C(CC1CCN(c2ccnc3nsnc23)CC1)Nc1ccc(C(F)(F)F)cn1. The summed E-state index contributed by atoms with van der Waals surface area (Å²) in [6.07, 6.45) is -0.0455. The summed E-state index contributed by atoms with van der Waals surface area (Å²) >= 11 is 1.13. The Labute approximate surface area is 168 Å². The highest BCUT2D eigenvalue weighted by atomic mass is 32.1. The lowest BCUT2D eigenvalue weighted by Gasteiger charge is -2.33. The fourth-order valence-corrected chi connectivity index (χ4v) is 3.92. The van der Waals surface area contributed by atoms with E-state index in [2.05, 4.69) is 28.9 Å². The van der Waals surface area contributed by atoms with Crippen LogP contribution in [0.5, 0.6) is 0 Å². The molecule has 0 aromatic carbocycles. The van der Waals surface area contributed by atoms with Crippen molar-refractivity contribution < 1.29 is 18.0 Å². The van der Waals surface area contributed by atoms with Crippen LogP contribution in [-0.4, -0.2) is 37.7 Å². The summed E-state index contributed by atoms with van der Waals surface area (Å²) in [5.41, 5.74) is 1.59. The molecule has 152 valence electrons. The van der Waals surface area contributed by atoms with Gasteiger partial charge in [0.15, 0.2) is 5.65 Å². The summed E-state index contributed by atoms with van der Waals surface area (Å²) in [5, 5.41) is 2.58. The molecular formula is C18H17F3N6OS. The van der Waals surface area contributed by atoms with Crippen LogP contribution in [0.15, 0.2) is 30.6 Å². The zero-order chi connectivity index (χ0) is 20.4. The van der Waals surface area contributed by atoms with Crippen LogP contribution >= 0.6 is 11.7 Å². The molecule has 7 nitrogen and oxygen atoms in total. The second-order valence-corrected chi connectivity index (χ2v) is 7.41. The second-order valence-electron chi connectivity index (χ2n) is 6.88. The molecule has 0 unspecified atom stereocenters. The minimum atomic E-state index is -4.45. The van der Waals surface area contributed by atoms with Crippen LogP contribution in [0.25, 0.3) is 11.2 Å². The number of piperidine rings is 1. The quantitative estimate of drug-likeness (QED) is 0.690. The number of halogens is 3. The smallest absolute Gasteiger partial charge is 0.370 e. The van der Waals surface area contributed by atoms with Crippen molar-refractivity contribution in [3.05, 3.63) is 36.2 Å². The van der Waals surface area contributed by atoms with Crippen LogP contribution < -0.4 is 10.2 Å². The molecule has 1 aliphatic heterocycles. The monoisotopic (exact) mass is 422 g/mol. The number of amides is 1. The molecule has 4 heterocycles. The predicted molar refractivity (Wildman–Crippen MR) is 103 cm³/mol. The van der Waals surface area contributed by atoms with E-state index in [1.807, 2.05) is 6.07 Å². The average molecular weight is 422 g/mol. The third-order valence-electron chi connectivity index (χ3n) is 4.93. The minimum absolute atomic E-state index is 0.121. The number of aromatic nitrogens is 4. The van der Waals surface area contributed by atoms with Gasteiger partial charge >= 0.3 is 6.18 Å². The van der Waals surface area contributed by atoms with E-state index in [9.17, 15) is 18.0 Å². The third-order valence-corrected chi connectivity index (χ3v) is 5.45. The lowest BCUT2D eigenvalue weighted by Crippen LogP contribution is -2.35. The van der Waals surface area contributed by atoms with Crippen molar-refractivity contribution in [3.63, 3.8) is 0 Å². The van der Waals surface area contributed by atoms with Crippen LogP contribution in [0.2, 0.25) is 0 Å². The van der Waals surface area contributed by atoms with Crippen molar-refractivity contribution in [2.45, 2.75) is 25.4 Å². The van der Waals surface area contributed by atoms with E-state index in [-0.39, 0.29) is 17.6 Å². The molecular weight excluding hydrogens is 405 g/mol. The number of alkyl halides is 3. The Morgan fingerprint density at radius 3 is 2.66 bits per heavy atom. The Morgan fingerprint density at radius 2 is 1.97 bits per heavy atom. The van der Waals surface area contributed by atoms with E-state index in [1.54, 1.807) is 6.20 Å². The first kappa shape index (κ1) is 19.5. The van der Waals surface area contributed by atoms with Crippen molar-refractivity contribution in [1.29, 1.82) is 0 Å². The number of nitrogens with zero attached hydrogens (tertiary/aromatic N) is 5. The van der Waals surface area contributed by atoms with Crippen LogP contribution in [0, 0.1) is 5.92 Å². The van der Waals surface area contributed by atoms with Gasteiger partial charge in [-0.1, -0.05) is 0 Å². The maximum Gasteiger partial charge on any atom is 0.417 e. The lowest BCUT2D eigenvalue weighted by atomic mass is 9.93. The highest BCUT2D eigenvalue weighted by Gasteiger charge is 2.30. The molecule has 0 aliphatic carbocycles. The predicted octanol–water partition coefficient (Wildman–Crippen LogP) is 3.75. The highest BCUT2D eigenvalue weighted by molar-refractivity contribution is 7.00. The Morgan fingerprint density at radius 1 is 1.17 bits per heavy atom. The molecule has 0 saturated carbocycles. The van der Waals surface area contributed by atoms with Crippen molar-refractivity contribution in [2.24, 2.45) is 5.92 Å². The molecule has 1 saturated heterocycles. The summed E-state index contributed by atoms with van der Waals surface area (Å²) in [6, 6.07) is 4.00. The standard InChI is InChI=1S/C18H17F3N6OS/c19-18(20,21)12-1-2-14(23-10-12)24-15(28)9-11-4-7-27(8-5-11)13-3-6-22-17-16(13)25-29-26-17/h1-3,6,10-11H,4-5,7-9H2,(H,23,24,28). The number of nitrogens with one attached hydrogen (secondary N) is 1. The fraction of sp³-hybridized carbons (Fsp3) is 0.389. The topological polar surface area (TPSA) is 83.9 Å². The zero-order valence-electron chi connectivity index (χ0n) is 15.2. The van der Waals surface area contributed by atoms with Crippen molar-refractivity contribution in [1.82, 2.24) is 18.7 Å². The van der Waals surface area contributed by atoms with Gasteiger partial charge in [-0.15, -0.1) is 0 Å². The zero-order valence-corrected chi connectivity index (χ0v) is 16.0. The van der Waals surface area contributed by atoms with Gasteiger partial charge in [-0.05, 0) is 37.0 Å². The number of hydrogen-bond donors (Lipinski definition) is 1. The number of hydrogen-bond acceptors (Lipinski definition) is 7. The van der Waals surface area contributed by atoms with Gasteiger partial charge in [-0.2, -0.15) is 21.9 Å². The van der Waals surface area contributed by atoms with Gasteiger partial charge in [0.1, 0.15) is 11.3 Å². The molecule has 0 bridgehead atoms. The molecule has 1 amide bonds. The molecule has 3 aromatic rings. The Kier molecular flexibility index (Phi) is 5.31. The summed E-state index contributed by atoms with van der Waals surface area (Å²) < 4.78 is 46.2. The van der Waals surface area contributed by atoms with Gasteiger partial charge in [0.2, 0.25) is 5.91 Å². The van der Waals surface area contributed by atoms with Crippen molar-refractivity contribution in [3.8, 4) is 0 Å². The van der Waals surface area contributed by atoms with Gasteiger partial charge < -0.3 is 10.2 Å². The second kappa shape index (κ2) is 7.90. The third kappa shape index (κ3) is 4.44. The molecule has 1 aliphatic rings. The Bertz CT molecular complexity index is 999. The van der Waals surface area contributed by atoms with Crippen molar-refractivity contribution >= 4 is 40.3 Å². The molecule has 4 rings (SSSR count). The first-order valence-corrected chi connectivity index (χ1v) is 9.78. The lowest BCUT2D eigenvalue weighted by molar-refractivity contribution is -0.137. The van der Waals surface area contributed by atoms with Gasteiger partial charge in [-0.3, -0.25) is 4.79 Å². The maximum atomic E-state index is 12.6. The fourth-order valence-electron chi connectivity index (χ4n) is 3.41. The minimum Gasteiger partial charge on any atom is -0.370 e. The van der Waals surface area contributed by atoms with Crippen LogP contribution in [0.1, 0.15) is 24.8 Å². The Hall–Kier alpha value is -2.82.